The van der Waals surface area contributed by atoms with Crippen LogP contribution in [0.2, 0.25) is 0 Å². The number of aliphatic hydroxyl groups excluding tert-OH is 2. The molecule has 1 aromatic carbocycles. The van der Waals surface area contributed by atoms with Crippen LogP contribution in [-0.2, 0) is 11.2 Å². The number of ether oxygens (including phenoxy) is 1. The Morgan fingerprint density at radius 1 is 1.15 bits per heavy atom. The Morgan fingerprint density at radius 3 is 2.69 bits per heavy atom. The summed E-state index contributed by atoms with van der Waals surface area (Å²) in [6.07, 6.45) is 2.11. The normalized spacial score (nSPS) is 21.9. The highest BCUT2D eigenvalue weighted by molar-refractivity contribution is 5.83. The number of hydrogen-bond donors (Lipinski definition) is 4. The first-order valence-corrected chi connectivity index (χ1v) is 13.6. The van der Waals surface area contributed by atoms with Crippen molar-refractivity contribution in [1.29, 1.82) is 0 Å². The summed E-state index contributed by atoms with van der Waals surface area (Å²) in [6.45, 7) is 9.42. The highest BCUT2D eigenvalue weighted by Crippen LogP contribution is 2.33. The summed E-state index contributed by atoms with van der Waals surface area (Å²) >= 11 is 0. The van der Waals surface area contributed by atoms with Crippen LogP contribution >= 0.6 is 0 Å². The summed E-state index contributed by atoms with van der Waals surface area (Å²) in [5, 5.41) is 21.6. The van der Waals surface area contributed by atoms with Gasteiger partial charge in [-0.1, -0.05) is 13.8 Å². The number of aliphatic hydroxyl groups is 2. The van der Waals surface area contributed by atoms with Gasteiger partial charge in [0, 0.05) is 31.3 Å². The van der Waals surface area contributed by atoms with Crippen LogP contribution in [0.15, 0.2) is 30.7 Å². The second-order valence-electron chi connectivity index (χ2n) is 11.0. The van der Waals surface area contributed by atoms with Crippen LogP contribution in [0.25, 0.3) is 22.2 Å². The zero-order chi connectivity index (χ0) is 27.8. The molecule has 210 valence electrons. The molecule has 0 bridgehead atoms. The van der Waals surface area contributed by atoms with Gasteiger partial charge >= 0.3 is 0 Å². The van der Waals surface area contributed by atoms with Crippen LogP contribution in [0.1, 0.15) is 64.1 Å². The van der Waals surface area contributed by atoms with Gasteiger partial charge in [0.25, 0.3) is 0 Å². The first-order valence-electron chi connectivity index (χ1n) is 13.6. The number of imidazole rings is 2. The molecule has 0 saturated carbocycles. The van der Waals surface area contributed by atoms with Crippen molar-refractivity contribution in [1.82, 2.24) is 29.4 Å². The zero-order valence-corrected chi connectivity index (χ0v) is 22.9. The molecule has 1 fully saturated rings. The maximum absolute atomic E-state index is 14.3. The third-order valence-corrected chi connectivity index (χ3v) is 7.63. The number of rotatable bonds is 10. The van der Waals surface area contributed by atoms with Gasteiger partial charge in [0.1, 0.15) is 35.5 Å². The lowest BCUT2D eigenvalue weighted by Crippen LogP contribution is -2.43. The van der Waals surface area contributed by atoms with E-state index in [0.29, 0.717) is 34.5 Å². The summed E-state index contributed by atoms with van der Waals surface area (Å²) in [5.41, 5.74) is 9.73. The van der Waals surface area contributed by atoms with E-state index in [0.717, 1.165) is 37.1 Å². The van der Waals surface area contributed by atoms with E-state index in [1.54, 1.807) is 16.8 Å². The molecule has 39 heavy (non-hydrogen) atoms. The number of nitrogen functional groups attached to an aromatic ring is 1. The van der Waals surface area contributed by atoms with Crippen molar-refractivity contribution in [3.8, 4) is 0 Å². The highest BCUT2D eigenvalue weighted by Gasteiger charge is 2.45. The summed E-state index contributed by atoms with van der Waals surface area (Å²) < 4.78 is 22.1. The summed E-state index contributed by atoms with van der Waals surface area (Å²) in [6, 6.07) is 5.26. The van der Waals surface area contributed by atoms with E-state index in [9.17, 15) is 14.6 Å². The fourth-order valence-corrected chi connectivity index (χ4v) is 5.31. The Kier molecular flexibility index (Phi) is 7.86. The van der Waals surface area contributed by atoms with Gasteiger partial charge in [0.2, 0.25) is 0 Å². The number of halogens is 1. The smallest absolute Gasteiger partial charge is 0.165 e. The first kappa shape index (κ1) is 27.4. The van der Waals surface area contributed by atoms with Gasteiger partial charge in [-0.05, 0) is 56.8 Å². The van der Waals surface area contributed by atoms with Crippen molar-refractivity contribution < 1.29 is 19.3 Å². The fraction of sp³-hybridized carbons (Fsp3) is 0.536. The minimum absolute atomic E-state index is 0.108. The average Bonchev–Trinajstić information content (AvgIpc) is 3.57. The van der Waals surface area contributed by atoms with E-state index in [-0.39, 0.29) is 17.8 Å². The minimum atomic E-state index is -1.13. The number of aryl methyl sites for hydroxylation is 1. The van der Waals surface area contributed by atoms with Gasteiger partial charge in [-0.15, -0.1) is 0 Å². The zero-order valence-electron chi connectivity index (χ0n) is 22.9. The molecule has 1 aliphatic rings. The Bertz CT molecular complexity index is 1440. The van der Waals surface area contributed by atoms with E-state index < -0.39 is 24.5 Å². The summed E-state index contributed by atoms with van der Waals surface area (Å²) in [4.78, 5) is 18.8. The van der Waals surface area contributed by atoms with E-state index in [2.05, 4.69) is 38.7 Å². The molecule has 11 heteroatoms. The number of nitrogens with two attached hydrogens (primary N) is 1. The first-order chi connectivity index (χ1) is 18.6. The van der Waals surface area contributed by atoms with Gasteiger partial charge in [0.15, 0.2) is 11.9 Å². The number of fused-ring (bicyclic) bond motifs is 2. The second kappa shape index (κ2) is 11.2. The molecular weight excluding hydrogens is 501 g/mol. The molecule has 3 aromatic heterocycles. The molecule has 1 saturated heterocycles. The van der Waals surface area contributed by atoms with Crippen LogP contribution in [0.4, 0.5) is 10.1 Å². The van der Waals surface area contributed by atoms with Gasteiger partial charge in [0.05, 0.1) is 23.0 Å². The quantitative estimate of drug-likeness (QED) is 0.225. The van der Waals surface area contributed by atoms with Crippen LogP contribution in [0, 0.1) is 5.82 Å². The second-order valence-corrected chi connectivity index (χ2v) is 11.0. The molecule has 0 unspecified atom stereocenters. The lowest BCUT2D eigenvalue weighted by Gasteiger charge is -2.30. The SMILES string of the molecule is CC(C)c1cc2[nH]c(CCCCN(C[C@H]3O[C@@H](n4cnc5c(N)ccnc54)[C@H](O)[C@@H]3O)C(C)C)nc2cc1F. The number of unbranched alkanes of at least 4 members (excludes halogenated alkanes) is 1. The molecule has 5 rings (SSSR count). The van der Waals surface area contributed by atoms with Crippen LogP contribution in [-0.4, -0.2) is 77.1 Å². The van der Waals surface area contributed by atoms with Crippen molar-refractivity contribution in [3.05, 3.63) is 47.9 Å². The molecule has 4 aromatic rings. The van der Waals surface area contributed by atoms with E-state index in [1.165, 1.54) is 12.4 Å². The molecular formula is C28H38FN7O3. The Morgan fingerprint density at radius 2 is 1.95 bits per heavy atom. The molecule has 10 nitrogen and oxygen atoms in total. The number of hydrogen-bond acceptors (Lipinski definition) is 8. The molecule has 0 spiro atoms. The summed E-state index contributed by atoms with van der Waals surface area (Å²) in [7, 11) is 0. The lowest BCUT2D eigenvalue weighted by molar-refractivity contribution is -0.0469. The third kappa shape index (κ3) is 5.49. The third-order valence-electron chi connectivity index (χ3n) is 7.63. The minimum Gasteiger partial charge on any atom is -0.397 e. The van der Waals surface area contributed by atoms with Gasteiger partial charge in [-0.2, -0.15) is 0 Å². The maximum atomic E-state index is 14.3. The Balaban J connectivity index is 1.18. The van der Waals surface area contributed by atoms with E-state index in [4.69, 9.17) is 10.5 Å². The molecule has 5 N–H and O–H groups in total. The van der Waals surface area contributed by atoms with Gasteiger partial charge < -0.3 is 25.7 Å². The van der Waals surface area contributed by atoms with Crippen molar-refractivity contribution in [2.75, 3.05) is 18.8 Å². The Labute approximate surface area is 227 Å². The lowest BCUT2D eigenvalue weighted by atomic mass is 10.0. The molecule has 4 heterocycles. The van der Waals surface area contributed by atoms with Crippen LogP contribution < -0.4 is 5.73 Å². The van der Waals surface area contributed by atoms with Crippen molar-refractivity contribution >= 4 is 27.9 Å². The molecule has 1 aliphatic heterocycles. The fourth-order valence-electron chi connectivity index (χ4n) is 5.31. The number of nitrogens with one attached hydrogen (secondary N) is 1. The number of nitrogens with zero attached hydrogens (tertiary/aromatic N) is 5. The number of pyridine rings is 1. The highest BCUT2D eigenvalue weighted by atomic mass is 19.1. The Hall–Kier alpha value is -3.12. The van der Waals surface area contributed by atoms with E-state index >= 15 is 0 Å². The molecule has 0 aliphatic carbocycles. The van der Waals surface area contributed by atoms with Gasteiger partial charge in [-0.25, -0.2) is 19.3 Å². The number of benzene rings is 1. The predicted molar refractivity (Wildman–Crippen MR) is 148 cm³/mol. The van der Waals surface area contributed by atoms with Crippen LogP contribution in [0.5, 0.6) is 0 Å². The molecule has 0 amide bonds. The predicted octanol–water partition coefficient (Wildman–Crippen LogP) is 3.50. The largest absolute Gasteiger partial charge is 0.397 e. The number of aromatic amines is 1. The van der Waals surface area contributed by atoms with Gasteiger partial charge in [-0.3, -0.25) is 9.47 Å². The number of H-pyrrole nitrogens is 1. The standard InChI is InChI=1S/C28H38FN7O3/c1-15(2)17-11-20-21(12-18(17)29)34-23(33-20)7-5-6-10-35(16(3)4)13-22-25(37)26(38)28(39-22)36-14-32-24-19(30)8-9-31-27(24)36/h8-9,11-12,14-16,22,25-26,28,37-38H,5-7,10,13H2,1-4H3,(H2,30,31)(H,33,34)/t22-,25-,26-,28-/m1/s1. The average molecular weight is 540 g/mol. The molecule has 4 atom stereocenters. The summed E-state index contributed by atoms with van der Waals surface area (Å²) in [5.74, 6) is 0.744. The van der Waals surface area contributed by atoms with E-state index in [1.807, 2.05) is 19.9 Å². The molecule has 0 radical (unpaired) electrons. The monoisotopic (exact) mass is 539 g/mol. The van der Waals surface area contributed by atoms with Crippen molar-refractivity contribution in [2.45, 2.75) is 83.5 Å². The van der Waals surface area contributed by atoms with Crippen LogP contribution in [0.3, 0.4) is 0 Å². The maximum Gasteiger partial charge on any atom is 0.165 e. The van der Waals surface area contributed by atoms with Crippen molar-refractivity contribution in [2.24, 2.45) is 0 Å². The topological polar surface area (TPSA) is 138 Å². The van der Waals surface area contributed by atoms with Crippen molar-refractivity contribution in [3.63, 3.8) is 0 Å². The number of aromatic nitrogens is 5. The number of anilines is 1.